The Balaban J connectivity index is 1.52. The number of aromatic hydroxyl groups is 1. The smallest absolute Gasteiger partial charge is 0.263 e. The molecule has 0 spiro atoms. The highest BCUT2D eigenvalue weighted by Crippen LogP contribution is 2.38. The maximum Gasteiger partial charge on any atom is 0.263 e. The van der Waals surface area contributed by atoms with Gasteiger partial charge in [-0.25, -0.2) is 9.97 Å². The molecule has 1 fully saturated rings. The van der Waals surface area contributed by atoms with E-state index < -0.39 is 17.6 Å². The largest absolute Gasteiger partial charge is 0.504 e. The summed E-state index contributed by atoms with van der Waals surface area (Å²) < 4.78 is 13.8. The zero-order valence-electron chi connectivity index (χ0n) is 23.3. The number of nitrogens with two attached hydrogens (primary N) is 1. The molecular formula is C28H30ClN7O6. The third kappa shape index (κ3) is 5.48. The molecule has 1 atom stereocenters. The molecule has 5 rings (SSSR count). The summed E-state index contributed by atoms with van der Waals surface area (Å²) in [4.78, 5) is 49.5. The Morgan fingerprint density at radius 3 is 2.79 bits per heavy atom. The molecule has 2 amide bonds. The Kier molecular flexibility index (Phi) is 8.05. The van der Waals surface area contributed by atoms with Gasteiger partial charge in [-0.1, -0.05) is 11.6 Å². The molecule has 4 N–H and O–H groups in total. The van der Waals surface area contributed by atoms with Crippen molar-refractivity contribution in [1.82, 2.24) is 19.1 Å². The predicted octanol–water partition coefficient (Wildman–Crippen LogP) is 2.52. The number of morpholine rings is 1. The fourth-order valence-corrected chi connectivity index (χ4v) is 5.06. The number of pyridine rings is 1. The van der Waals surface area contributed by atoms with Crippen LogP contribution in [-0.2, 0) is 23.1 Å². The molecule has 1 saturated heterocycles. The van der Waals surface area contributed by atoms with Gasteiger partial charge in [-0.2, -0.15) is 0 Å². The van der Waals surface area contributed by atoms with Gasteiger partial charge in [0.05, 0.1) is 60.0 Å². The number of aromatic nitrogens is 4. The highest BCUT2D eigenvalue weighted by molar-refractivity contribution is 6.33. The maximum atomic E-state index is 13.3. The predicted molar refractivity (Wildman–Crippen MR) is 157 cm³/mol. The molecule has 1 aliphatic heterocycles. The second kappa shape index (κ2) is 11.7. The van der Waals surface area contributed by atoms with Crippen molar-refractivity contribution in [3.05, 3.63) is 57.9 Å². The number of phenols is 1. The summed E-state index contributed by atoms with van der Waals surface area (Å²) in [6.07, 6.45) is 4.43. The van der Waals surface area contributed by atoms with Crippen molar-refractivity contribution < 1.29 is 24.2 Å². The Morgan fingerprint density at radius 1 is 1.29 bits per heavy atom. The van der Waals surface area contributed by atoms with E-state index in [0.717, 1.165) is 0 Å². The monoisotopic (exact) mass is 595 g/mol. The molecule has 0 unspecified atom stereocenters. The Hall–Kier alpha value is -4.62. The van der Waals surface area contributed by atoms with E-state index >= 15 is 0 Å². The van der Waals surface area contributed by atoms with Gasteiger partial charge in [0.1, 0.15) is 18.0 Å². The number of nitrogens with one attached hydrogen (secondary N) is 1. The molecule has 0 bridgehead atoms. The Morgan fingerprint density at radius 2 is 2.07 bits per heavy atom. The average molecular weight is 596 g/mol. The van der Waals surface area contributed by atoms with Gasteiger partial charge in [0.25, 0.3) is 11.5 Å². The number of hydrogen-bond acceptors (Lipinski definition) is 9. The van der Waals surface area contributed by atoms with Crippen LogP contribution < -0.4 is 26.2 Å². The van der Waals surface area contributed by atoms with Crippen LogP contribution in [0.15, 0.2) is 41.7 Å². The van der Waals surface area contributed by atoms with Crippen LogP contribution in [-0.4, -0.2) is 68.4 Å². The molecule has 0 radical (unpaired) electrons. The van der Waals surface area contributed by atoms with Crippen LogP contribution in [0.5, 0.6) is 11.5 Å². The highest BCUT2D eigenvalue weighted by Gasteiger charge is 2.24. The molecule has 4 heterocycles. The summed E-state index contributed by atoms with van der Waals surface area (Å²) in [7, 11) is 1.55. The van der Waals surface area contributed by atoms with Crippen LogP contribution in [0.3, 0.4) is 0 Å². The van der Waals surface area contributed by atoms with Crippen molar-refractivity contribution >= 4 is 46.0 Å². The molecule has 220 valence electrons. The third-order valence-electron chi connectivity index (χ3n) is 6.98. The fraction of sp³-hybridized carbons (Fsp3) is 0.321. The van der Waals surface area contributed by atoms with E-state index in [4.69, 9.17) is 26.8 Å². The number of anilines is 2. The van der Waals surface area contributed by atoms with Crippen LogP contribution in [0, 0.1) is 0 Å². The molecule has 1 aromatic carbocycles. The number of carbonyl (C=O) groups excluding carboxylic acids is 2. The van der Waals surface area contributed by atoms with Crippen molar-refractivity contribution in [1.29, 1.82) is 0 Å². The highest BCUT2D eigenvalue weighted by atomic mass is 35.5. The van der Waals surface area contributed by atoms with Gasteiger partial charge in [0.2, 0.25) is 5.91 Å². The summed E-state index contributed by atoms with van der Waals surface area (Å²) in [5.74, 6) is -1.01. The molecule has 42 heavy (non-hydrogen) atoms. The van der Waals surface area contributed by atoms with E-state index in [1.54, 1.807) is 26.2 Å². The molecule has 13 nitrogen and oxygen atoms in total. The van der Waals surface area contributed by atoms with Gasteiger partial charge in [0, 0.05) is 31.4 Å². The van der Waals surface area contributed by atoms with Crippen LogP contribution >= 0.6 is 11.6 Å². The number of benzene rings is 1. The van der Waals surface area contributed by atoms with E-state index in [1.807, 2.05) is 6.92 Å². The molecule has 0 aliphatic carbocycles. The molecule has 14 heteroatoms. The number of nitrogens with zero attached hydrogens (tertiary/aromatic N) is 5. The normalized spacial score (nSPS) is 15.1. The number of ether oxygens (including phenoxy) is 2. The van der Waals surface area contributed by atoms with Crippen molar-refractivity contribution in [3.8, 4) is 22.6 Å². The lowest BCUT2D eigenvalue weighted by molar-refractivity contribution is -0.116. The van der Waals surface area contributed by atoms with Crippen molar-refractivity contribution in [2.45, 2.75) is 26.4 Å². The van der Waals surface area contributed by atoms with Gasteiger partial charge in [-0.3, -0.25) is 14.4 Å². The van der Waals surface area contributed by atoms with Crippen LogP contribution in [0.25, 0.3) is 22.2 Å². The summed E-state index contributed by atoms with van der Waals surface area (Å²) in [5, 5.41) is 13.8. The fourth-order valence-electron chi connectivity index (χ4n) is 4.91. The minimum absolute atomic E-state index is 0.0286. The molecular weight excluding hydrogens is 566 g/mol. The first-order chi connectivity index (χ1) is 20.1. The number of fused-ring (bicyclic) bond motifs is 1. The summed E-state index contributed by atoms with van der Waals surface area (Å²) in [5.41, 5.74) is 6.34. The van der Waals surface area contributed by atoms with Crippen LogP contribution in [0.2, 0.25) is 5.02 Å². The Bertz CT molecular complexity index is 1750. The number of hydrogen-bond donors (Lipinski definition) is 3. The zero-order valence-corrected chi connectivity index (χ0v) is 24.0. The first-order valence-corrected chi connectivity index (χ1v) is 13.6. The van der Waals surface area contributed by atoms with Gasteiger partial charge in [-0.15, -0.1) is 0 Å². The average Bonchev–Trinajstić information content (AvgIpc) is 3.32. The number of carbonyl (C=O) groups is 2. The number of primary amides is 1. The second-order valence-corrected chi connectivity index (χ2v) is 10.3. The van der Waals surface area contributed by atoms with E-state index in [2.05, 4.69) is 20.2 Å². The third-order valence-corrected chi connectivity index (χ3v) is 7.28. The SMILES string of the molecule is CCOc1cc(-c2cn(CC(=O)Nc3cc(N4CCOC[C@@H]4C)ncc3Cl)c3ncn(C)c(=O)c23)cc(C(N)=O)c1O. The molecule has 1 aliphatic rings. The number of rotatable bonds is 8. The number of halogens is 1. The minimum atomic E-state index is -0.871. The van der Waals surface area contributed by atoms with Gasteiger partial charge in [-0.05, 0) is 31.5 Å². The number of amides is 2. The van der Waals surface area contributed by atoms with Gasteiger partial charge in [0.15, 0.2) is 11.5 Å². The van der Waals surface area contributed by atoms with Crippen molar-refractivity contribution in [2.24, 2.45) is 12.8 Å². The van der Waals surface area contributed by atoms with E-state index in [1.165, 1.54) is 33.8 Å². The van der Waals surface area contributed by atoms with E-state index in [0.29, 0.717) is 42.4 Å². The second-order valence-electron chi connectivity index (χ2n) is 9.89. The summed E-state index contributed by atoms with van der Waals surface area (Å²) in [6.45, 7) is 5.54. The zero-order chi connectivity index (χ0) is 30.1. The van der Waals surface area contributed by atoms with Crippen LogP contribution in [0.4, 0.5) is 11.5 Å². The maximum absolute atomic E-state index is 13.3. The van der Waals surface area contributed by atoms with Crippen molar-refractivity contribution in [3.63, 3.8) is 0 Å². The minimum Gasteiger partial charge on any atom is -0.504 e. The standard InChI is InChI=1S/C28H30ClN7O6/c1-4-42-21-8-16(7-17(25(21)38)26(30)39)18-11-35(27-24(18)28(40)34(3)14-32-27)12-23(37)33-20-9-22(31-10-19(20)29)36-5-6-41-13-15(36)2/h7-11,14-15,38H,4-6,12-13H2,1-3H3,(H2,30,39)(H,31,33,37)/t15-/m0/s1. The lowest BCUT2D eigenvalue weighted by atomic mass is 10.0. The number of aryl methyl sites for hydroxylation is 1. The molecule has 3 aromatic heterocycles. The van der Waals surface area contributed by atoms with E-state index in [9.17, 15) is 19.5 Å². The van der Waals surface area contributed by atoms with Gasteiger partial charge >= 0.3 is 0 Å². The summed E-state index contributed by atoms with van der Waals surface area (Å²) >= 11 is 6.38. The van der Waals surface area contributed by atoms with Gasteiger partial charge < -0.3 is 39.7 Å². The topological polar surface area (TPSA) is 167 Å². The van der Waals surface area contributed by atoms with Crippen LogP contribution in [0.1, 0.15) is 24.2 Å². The quantitative estimate of drug-likeness (QED) is 0.277. The molecule has 0 saturated carbocycles. The van der Waals surface area contributed by atoms with Crippen molar-refractivity contribution in [2.75, 3.05) is 36.6 Å². The Labute approximate surface area is 245 Å². The first kappa shape index (κ1) is 28.9. The molecule has 4 aromatic rings. The lowest BCUT2D eigenvalue weighted by Gasteiger charge is -2.34. The lowest BCUT2D eigenvalue weighted by Crippen LogP contribution is -2.44. The first-order valence-electron chi connectivity index (χ1n) is 13.2. The van der Waals surface area contributed by atoms with E-state index in [-0.39, 0.29) is 52.1 Å². The summed E-state index contributed by atoms with van der Waals surface area (Å²) in [6, 6.07) is 4.69.